The third-order valence-corrected chi connectivity index (χ3v) is 6.80. The van der Waals surface area contributed by atoms with Gasteiger partial charge in [0.25, 0.3) is 11.5 Å². The van der Waals surface area contributed by atoms with Gasteiger partial charge in [0.1, 0.15) is 0 Å². The lowest BCUT2D eigenvalue weighted by atomic mass is 10.0. The second-order valence-electron chi connectivity index (χ2n) is 8.94. The van der Waals surface area contributed by atoms with Crippen LogP contribution in [0.2, 0.25) is 10.0 Å². The van der Waals surface area contributed by atoms with Gasteiger partial charge in [0.15, 0.2) is 0 Å². The third-order valence-electron chi connectivity index (χ3n) is 6.06. The van der Waals surface area contributed by atoms with Crippen molar-refractivity contribution < 1.29 is 4.79 Å². The number of hydrogen-bond donors (Lipinski definition) is 2. The predicted molar refractivity (Wildman–Crippen MR) is 141 cm³/mol. The van der Waals surface area contributed by atoms with E-state index in [2.05, 4.69) is 15.5 Å². The number of benzene rings is 2. The minimum atomic E-state index is -0.182. The summed E-state index contributed by atoms with van der Waals surface area (Å²) in [6, 6.07) is 12.5. The van der Waals surface area contributed by atoms with Gasteiger partial charge in [-0.05, 0) is 56.2 Å². The number of carbonyl (C=O) groups excluding carboxylic acids is 1. The van der Waals surface area contributed by atoms with Crippen LogP contribution in [0.5, 0.6) is 0 Å². The van der Waals surface area contributed by atoms with Crippen LogP contribution in [0.4, 0.5) is 5.95 Å². The quantitative estimate of drug-likeness (QED) is 0.386. The summed E-state index contributed by atoms with van der Waals surface area (Å²) >= 11 is 12.1. The Kier molecular flexibility index (Phi) is 6.55. The highest BCUT2D eigenvalue weighted by Crippen LogP contribution is 2.26. The molecule has 184 valence electrons. The fraction of sp³-hybridized carbons (Fsp3) is 0.231. The summed E-state index contributed by atoms with van der Waals surface area (Å²) in [4.78, 5) is 33.3. The maximum Gasteiger partial charge on any atom is 0.263 e. The van der Waals surface area contributed by atoms with E-state index in [9.17, 15) is 9.59 Å². The van der Waals surface area contributed by atoms with Crippen LogP contribution in [0.15, 0.2) is 59.7 Å². The average molecular weight is 523 g/mol. The van der Waals surface area contributed by atoms with Crippen molar-refractivity contribution in [2.45, 2.75) is 32.9 Å². The van der Waals surface area contributed by atoms with Crippen LogP contribution < -0.4 is 10.9 Å². The number of fused-ring (bicyclic) bond motifs is 1. The van der Waals surface area contributed by atoms with Gasteiger partial charge in [-0.3, -0.25) is 14.7 Å². The lowest BCUT2D eigenvalue weighted by Crippen LogP contribution is -2.41. The van der Waals surface area contributed by atoms with Crippen molar-refractivity contribution in [1.29, 1.82) is 0 Å². The Morgan fingerprint density at radius 2 is 1.86 bits per heavy atom. The Hall–Kier alpha value is -3.62. The maximum atomic E-state index is 13.7. The second kappa shape index (κ2) is 9.79. The molecule has 0 saturated heterocycles. The van der Waals surface area contributed by atoms with Crippen LogP contribution in [-0.2, 0) is 13.0 Å². The SMILES string of the molecule is CC(C)Nc1nc2c(c(=O)n1-c1ccc(-c3cn[nH]c3)cc1)CCN(C(=O)c1ccc(Cl)c(Cl)c1)C2. The van der Waals surface area contributed by atoms with Gasteiger partial charge in [-0.15, -0.1) is 0 Å². The topological polar surface area (TPSA) is 95.9 Å². The fourth-order valence-corrected chi connectivity index (χ4v) is 4.58. The lowest BCUT2D eigenvalue weighted by molar-refractivity contribution is 0.0731. The summed E-state index contributed by atoms with van der Waals surface area (Å²) in [7, 11) is 0. The maximum absolute atomic E-state index is 13.7. The van der Waals surface area contributed by atoms with Crippen molar-refractivity contribution in [3.05, 3.63) is 92.1 Å². The first kappa shape index (κ1) is 24.1. The zero-order chi connectivity index (χ0) is 25.4. The molecule has 1 aliphatic rings. The molecular formula is C26H24Cl2N6O2. The van der Waals surface area contributed by atoms with Crippen molar-refractivity contribution in [3.8, 4) is 16.8 Å². The Morgan fingerprint density at radius 3 is 2.53 bits per heavy atom. The number of amides is 1. The molecule has 2 aromatic carbocycles. The summed E-state index contributed by atoms with van der Waals surface area (Å²) in [6.45, 7) is 4.60. The van der Waals surface area contributed by atoms with Gasteiger partial charge in [-0.25, -0.2) is 9.55 Å². The molecule has 0 aliphatic carbocycles. The first-order chi connectivity index (χ1) is 17.3. The van der Waals surface area contributed by atoms with Crippen molar-refractivity contribution in [2.75, 3.05) is 11.9 Å². The number of anilines is 1. The first-order valence-electron chi connectivity index (χ1n) is 11.6. The van der Waals surface area contributed by atoms with E-state index in [1.165, 1.54) is 0 Å². The second-order valence-corrected chi connectivity index (χ2v) is 9.75. The molecule has 2 N–H and O–H groups in total. The van der Waals surface area contributed by atoms with Crippen LogP contribution in [-0.4, -0.2) is 43.1 Å². The Labute approximate surface area is 217 Å². The van der Waals surface area contributed by atoms with E-state index < -0.39 is 0 Å². The highest BCUT2D eigenvalue weighted by Gasteiger charge is 2.27. The molecule has 0 unspecified atom stereocenters. The van der Waals surface area contributed by atoms with Gasteiger partial charge in [0, 0.05) is 35.5 Å². The van der Waals surface area contributed by atoms with Crippen molar-refractivity contribution in [2.24, 2.45) is 0 Å². The molecule has 8 nitrogen and oxygen atoms in total. The molecule has 0 fully saturated rings. The minimum Gasteiger partial charge on any atom is -0.353 e. The van der Waals surface area contributed by atoms with E-state index in [1.54, 1.807) is 33.9 Å². The number of aromatic amines is 1. The van der Waals surface area contributed by atoms with Gasteiger partial charge >= 0.3 is 0 Å². The molecule has 36 heavy (non-hydrogen) atoms. The number of nitrogens with zero attached hydrogens (tertiary/aromatic N) is 4. The zero-order valence-corrected chi connectivity index (χ0v) is 21.3. The van der Waals surface area contributed by atoms with Gasteiger partial charge in [0.05, 0.1) is 34.2 Å². The average Bonchev–Trinajstić information content (AvgIpc) is 3.40. The largest absolute Gasteiger partial charge is 0.353 e. The zero-order valence-electron chi connectivity index (χ0n) is 19.8. The standard InChI is InChI=1S/C26H24Cl2N6O2/c1-15(2)31-26-32-23-14-33(24(35)17-5-8-21(27)22(28)11-17)10-9-20(23)25(36)34(26)19-6-3-16(4-7-19)18-12-29-30-13-18/h3-8,11-13,15H,9-10,14H2,1-2H3,(H,29,30)(H,31,32). The van der Waals surface area contributed by atoms with Crippen LogP contribution >= 0.6 is 23.2 Å². The summed E-state index contributed by atoms with van der Waals surface area (Å²) in [5, 5.41) is 10.8. The van der Waals surface area contributed by atoms with E-state index in [-0.39, 0.29) is 24.1 Å². The van der Waals surface area contributed by atoms with E-state index in [0.717, 1.165) is 11.1 Å². The molecule has 0 bridgehead atoms. The van der Waals surface area contributed by atoms with E-state index >= 15 is 0 Å². The summed E-state index contributed by atoms with van der Waals surface area (Å²) in [5.74, 6) is 0.257. The molecule has 3 heterocycles. The molecule has 0 spiro atoms. The Bertz CT molecular complexity index is 1480. The highest BCUT2D eigenvalue weighted by molar-refractivity contribution is 6.42. The molecule has 1 amide bonds. The molecule has 2 aromatic heterocycles. The van der Waals surface area contributed by atoms with E-state index in [1.807, 2.05) is 44.3 Å². The lowest BCUT2D eigenvalue weighted by Gasteiger charge is -2.29. The first-order valence-corrected chi connectivity index (χ1v) is 12.3. The number of H-pyrrole nitrogens is 1. The monoisotopic (exact) mass is 522 g/mol. The summed E-state index contributed by atoms with van der Waals surface area (Å²) in [6.07, 6.45) is 3.97. The van der Waals surface area contributed by atoms with Crippen molar-refractivity contribution in [1.82, 2.24) is 24.6 Å². The van der Waals surface area contributed by atoms with E-state index in [0.29, 0.717) is 51.5 Å². The normalized spacial score (nSPS) is 13.1. The van der Waals surface area contributed by atoms with E-state index in [4.69, 9.17) is 28.2 Å². The number of carbonyl (C=O) groups is 1. The molecule has 0 radical (unpaired) electrons. The number of nitrogens with one attached hydrogen (secondary N) is 2. The molecule has 10 heteroatoms. The number of halogens is 2. The summed E-state index contributed by atoms with van der Waals surface area (Å²) < 4.78 is 1.61. The number of hydrogen-bond acceptors (Lipinski definition) is 5. The molecule has 4 aromatic rings. The molecular weight excluding hydrogens is 499 g/mol. The predicted octanol–water partition coefficient (Wildman–Crippen LogP) is 4.95. The molecule has 0 saturated carbocycles. The van der Waals surface area contributed by atoms with Gasteiger partial charge in [0.2, 0.25) is 5.95 Å². The molecule has 5 rings (SSSR count). The van der Waals surface area contributed by atoms with Gasteiger partial charge in [-0.1, -0.05) is 35.3 Å². The van der Waals surface area contributed by atoms with Crippen LogP contribution in [0.3, 0.4) is 0 Å². The van der Waals surface area contributed by atoms with Crippen molar-refractivity contribution in [3.63, 3.8) is 0 Å². The molecule has 1 aliphatic heterocycles. The summed E-state index contributed by atoms with van der Waals surface area (Å²) in [5.41, 5.74) is 4.17. The smallest absolute Gasteiger partial charge is 0.263 e. The Balaban J connectivity index is 1.50. The van der Waals surface area contributed by atoms with Crippen LogP contribution in [0, 0.1) is 0 Å². The van der Waals surface area contributed by atoms with Crippen molar-refractivity contribution >= 4 is 35.1 Å². The number of aromatic nitrogens is 4. The Morgan fingerprint density at radius 1 is 1.08 bits per heavy atom. The van der Waals surface area contributed by atoms with Crippen LogP contribution in [0.1, 0.15) is 35.5 Å². The van der Waals surface area contributed by atoms with Gasteiger partial charge < -0.3 is 10.2 Å². The number of rotatable bonds is 5. The minimum absolute atomic E-state index is 0.0453. The third kappa shape index (κ3) is 4.62. The van der Waals surface area contributed by atoms with Crippen LogP contribution in [0.25, 0.3) is 16.8 Å². The highest BCUT2D eigenvalue weighted by atomic mass is 35.5. The molecule has 0 atom stereocenters. The fourth-order valence-electron chi connectivity index (χ4n) is 4.28. The van der Waals surface area contributed by atoms with Gasteiger partial charge in [-0.2, -0.15) is 5.10 Å².